The zero-order valence-corrected chi connectivity index (χ0v) is 14.7. The highest BCUT2D eigenvalue weighted by atomic mass is 16.6. The van der Waals surface area contributed by atoms with Gasteiger partial charge in [0, 0.05) is 29.3 Å². The quantitative estimate of drug-likeness (QED) is 0.350. The van der Waals surface area contributed by atoms with Gasteiger partial charge >= 0.3 is 5.97 Å². The molecular weight excluding hydrogens is 364 g/mol. The van der Waals surface area contributed by atoms with Gasteiger partial charge in [-0.3, -0.25) is 10.1 Å². The van der Waals surface area contributed by atoms with Crippen LogP contribution in [0.4, 0.5) is 5.69 Å². The lowest BCUT2D eigenvalue weighted by Gasteiger charge is -2.16. The van der Waals surface area contributed by atoms with Crippen molar-refractivity contribution in [1.29, 1.82) is 0 Å². The van der Waals surface area contributed by atoms with Gasteiger partial charge in [0.05, 0.1) is 12.0 Å². The van der Waals surface area contributed by atoms with Crippen LogP contribution in [0.3, 0.4) is 0 Å². The molecule has 0 fully saturated rings. The zero-order valence-electron chi connectivity index (χ0n) is 14.7. The summed E-state index contributed by atoms with van der Waals surface area (Å²) in [4.78, 5) is 26.7. The first-order valence-corrected chi connectivity index (χ1v) is 8.32. The Labute approximate surface area is 159 Å². The average Bonchev–Trinajstić information content (AvgIpc) is 3.08. The molecule has 0 aromatic heterocycles. The minimum Gasteiger partial charge on any atom is -0.497 e. The summed E-state index contributed by atoms with van der Waals surface area (Å²) in [6.07, 6.45) is 3.47. The van der Waals surface area contributed by atoms with Crippen molar-refractivity contribution < 1.29 is 23.9 Å². The number of rotatable bonds is 4. The fourth-order valence-electron chi connectivity index (χ4n) is 2.83. The molecule has 0 radical (unpaired) electrons. The maximum atomic E-state index is 12.2. The molecule has 140 valence electrons. The number of esters is 1. The van der Waals surface area contributed by atoms with E-state index >= 15 is 0 Å². The molecule has 0 bridgehead atoms. The number of nitro benzene ring substituents is 1. The van der Waals surface area contributed by atoms with Gasteiger partial charge in [-0.1, -0.05) is 6.07 Å². The molecule has 0 saturated carbocycles. The molecule has 0 N–H and O–H groups in total. The zero-order chi connectivity index (χ0) is 19.7. The number of nitro groups is 1. The van der Waals surface area contributed by atoms with Crippen LogP contribution >= 0.6 is 0 Å². The van der Waals surface area contributed by atoms with Crippen molar-refractivity contribution in [2.24, 2.45) is 4.99 Å². The van der Waals surface area contributed by atoms with E-state index in [0.29, 0.717) is 17.1 Å². The number of fused-ring (bicyclic) bond motifs is 1. The van der Waals surface area contributed by atoms with Gasteiger partial charge in [0.2, 0.25) is 5.90 Å². The standard InChI is InChI=1S/C20H14N2O6/c1-26-16-6-5-13-7-12(11-27-18(13)10-16)8-17-20(23)28-19(21-17)14-3-2-4-15(9-14)22(24)25/h2-10H,11H2,1H3. The number of benzene rings is 2. The molecule has 28 heavy (non-hydrogen) atoms. The van der Waals surface area contributed by atoms with Crippen LogP contribution in [0.25, 0.3) is 6.08 Å². The topological polar surface area (TPSA) is 100 Å². The first kappa shape index (κ1) is 17.5. The van der Waals surface area contributed by atoms with E-state index in [0.717, 1.165) is 11.1 Å². The van der Waals surface area contributed by atoms with E-state index in [1.807, 2.05) is 18.2 Å². The van der Waals surface area contributed by atoms with E-state index in [9.17, 15) is 14.9 Å². The van der Waals surface area contributed by atoms with E-state index < -0.39 is 10.9 Å². The summed E-state index contributed by atoms with van der Waals surface area (Å²) in [5.41, 5.74) is 1.96. The van der Waals surface area contributed by atoms with Crippen LogP contribution in [0.15, 0.2) is 64.8 Å². The van der Waals surface area contributed by atoms with Crippen LogP contribution in [0.5, 0.6) is 11.5 Å². The summed E-state index contributed by atoms with van der Waals surface area (Å²) in [7, 11) is 1.58. The first-order valence-electron chi connectivity index (χ1n) is 8.32. The smallest absolute Gasteiger partial charge is 0.363 e. The van der Waals surface area contributed by atoms with Crippen molar-refractivity contribution in [3.05, 3.63) is 81.1 Å². The number of non-ortho nitro benzene ring substituents is 1. The Hall–Kier alpha value is -3.94. The van der Waals surface area contributed by atoms with Gasteiger partial charge in [0.15, 0.2) is 5.70 Å². The average molecular weight is 378 g/mol. The van der Waals surface area contributed by atoms with Crippen molar-refractivity contribution in [2.75, 3.05) is 13.7 Å². The molecule has 2 aromatic carbocycles. The molecule has 2 aliphatic heterocycles. The number of nitrogens with zero attached hydrogens (tertiary/aromatic N) is 2. The van der Waals surface area contributed by atoms with Gasteiger partial charge < -0.3 is 14.2 Å². The molecule has 0 unspecified atom stereocenters. The van der Waals surface area contributed by atoms with Gasteiger partial charge in [0.1, 0.15) is 18.1 Å². The van der Waals surface area contributed by atoms with Crippen LogP contribution in [0, 0.1) is 10.1 Å². The van der Waals surface area contributed by atoms with Crippen LogP contribution < -0.4 is 9.47 Å². The van der Waals surface area contributed by atoms with E-state index in [1.165, 1.54) is 18.2 Å². The number of methoxy groups -OCH3 is 1. The number of carbonyl (C=O) groups is 1. The Kier molecular flexibility index (Phi) is 4.36. The monoisotopic (exact) mass is 378 g/mol. The molecular formula is C20H14N2O6. The largest absolute Gasteiger partial charge is 0.497 e. The van der Waals surface area contributed by atoms with E-state index in [2.05, 4.69) is 4.99 Å². The van der Waals surface area contributed by atoms with Gasteiger partial charge in [-0.15, -0.1) is 0 Å². The third-order valence-corrected chi connectivity index (χ3v) is 4.20. The van der Waals surface area contributed by atoms with Crippen molar-refractivity contribution in [3.8, 4) is 11.5 Å². The van der Waals surface area contributed by atoms with Crippen LogP contribution in [0.1, 0.15) is 11.1 Å². The molecule has 8 nitrogen and oxygen atoms in total. The summed E-state index contributed by atoms with van der Waals surface area (Å²) < 4.78 is 16.1. The van der Waals surface area contributed by atoms with Gasteiger partial charge in [-0.25, -0.2) is 9.79 Å². The number of carbonyl (C=O) groups excluding carboxylic acids is 1. The molecule has 8 heteroatoms. The minimum atomic E-state index is -0.622. The molecule has 0 saturated heterocycles. The Bertz CT molecular complexity index is 1080. The molecule has 0 amide bonds. The third kappa shape index (κ3) is 3.35. The summed E-state index contributed by atoms with van der Waals surface area (Å²) in [6.45, 7) is 0.263. The summed E-state index contributed by atoms with van der Waals surface area (Å²) >= 11 is 0. The number of ether oxygens (including phenoxy) is 3. The van der Waals surface area contributed by atoms with Crippen molar-refractivity contribution >= 4 is 23.6 Å². The van der Waals surface area contributed by atoms with Gasteiger partial charge in [-0.2, -0.15) is 0 Å². The van der Waals surface area contributed by atoms with Gasteiger partial charge in [-0.05, 0) is 35.9 Å². The first-order chi connectivity index (χ1) is 13.5. The SMILES string of the molecule is COc1ccc2c(c1)OCC(C=C1N=C(c3cccc([N+](=O)[O-])c3)OC1=O)=C2. The highest BCUT2D eigenvalue weighted by Crippen LogP contribution is 2.31. The predicted octanol–water partition coefficient (Wildman–Crippen LogP) is 3.27. The fourth-order valence-corrected chi connectivity index (χ4v) is 2.83. The van der Waals surface area contributed by atoms with Crippen LogP contribution in [-0.2, 0) is 9.53 Å². The van der Waals surface area contributed by atoms with E-state index in [4.69, 9.17) is 14.2 Å². The fraction of sp³-hybridized carbons (Fsp3) is 0.100. The van der Waals surface area contributed by atoms with Crippen molar-refractivity contribution in [2.45, 2.75) is 0 Å². The third-order valence-electron chi connectivity index (χ3n) is 4.20. The normalized spacial score (nSPS) is 16.6. The highest BCUT2D eigenvalue weighted by molar-refractivity contribution is 6.11. The molecule has 2 heterocycles. The lowest BCUT2D eigenvalue weighted by molar-refractivity contribution is -0.384. The second-order valence-corrected chi connectivity index (χ2v) is 6.06. The Balaban J connectivity index is 1.63. The molecule has 4 rings (SSSR count). The molecule has 2 aliphatic rings. The maximum absolute atomic E-state index is 12.2. The minimum absolute atomic E-state index is 0.0300. The number of cyclic esters (lactones) is 1. The number of hydrogen-bond acceptors (Lipinski definition) is 7. The highest BCUT2D eigenvalue weighted by Gasteiger charge is 2.26. The molecule has 0 atom stereocenters. The van der Waals surface area contributed by atoms with Crippen LogP contribution in [-0.4, -0.2) is 30.5 Å². The van der Waals surface area contributed by atoms with Crippen molar-refractivity contribution in [1.82, 2.24) is 0 Å². The molecule has 2 aromatic rings. The summed E-state index contributed by atoms with van der Waals surface area (Å²) in [6, 6.07) is 11.2. The number of aliphatic imine (C=N–C) groups is 1. The molecule has 0 aliphatic carbocycles. The summed E-state index contributed by atoms with van der Waals surface area (Å²) in [5.74, 6) is 0.793. The maximum Gasteiger partial charge on any atom is 0.363 e. The number of hydrogen-bond donors (Lipinski definition) is 0. The second-order valence-electron chi connectivity index (χ2n) is 6.06. The lowest BCUT2D eigenvalue weighted by Crippen LogP contribution is -2.08. The lowest BCUT2D eigenvalue weighted by atomic mass is 10.1. The van der Waals surface area contributed by atoms with Crippen molar-refractivity contribution in [3.63, 3.8) is 0 Å². The van der Waals surface area contributed by atoms with Crippen LogP contribution in [0.2, 0.25) is 0 Å². The molecule has 0 spiro atoms. The second kappa shape index (κ2) is 6.99. The summed E-state index contributed by atoms with van der Waals surface area (Å²) in [5, 5.41) is 10.9. The van der Waals surface area contributed by atoms with Gasteiger partial charge in [0.25, 0.3) is 5.69 Å². The Morgan fingerprint density at radius 3 is 2.89 bits per heavy atom. The van der Waals surface area contributed by atoms with E-state index in [1.54, 1.807) is 25.3 Å². The van der Waals surface area contributed by atoms with E-state index in [-0.39, 0.29) is 23.9 Å². The Morgan fingerprint density at radius 2 is 2.11 bits per heavy atom. The Morgan fingerprint density at radius 1 is 1.25 bits per heavy atom. The predicted molar refractivity (Wildman–Crippen MR) is 100 cm³/mol.